The van der Waals surface area contributed by atoms with Gasteiger partial charge in [0.15, 0.2) is 0 Å². The van der Waals surface area contributed by atoms with Gasteiger partial charge in [-0.3, -0.25) is 4.79 Å². The smallest absolute Gasteiger partial charge is 0.315 e. The summed E-state index contributed by atoms with van der Waals surface area (Å²) in [7, 11) is 3.35. The first kappa shape index (κ1) is 14.1. The second-order valence-corrected chi connectivity index (χ2v) is 5.13. The zero-order valence-electron chi connectivity index (χ0n) is 10.5. The molecule has 17 heavy (non-hydrogen) atoms. The van der Waals surface area contributed by atoms with Crippen LogP contribution in [0.15, 0.2) is 30.3 Å². The molecule has 0 heterocycles. The van der Waals surface area contributed by atoms with Gasteiger partial charge in [-0.1, -0.05) is 37.3 Å². The van der Waals surface area contributed by atoms with E-state index < -0.39 is 0 Å². The largest absolute Gasteiger partial charge is 0.468 e. The van der Waals surface area contributed by atoms with Crippen molar-refractivity contribution in [3.05, 3.63) is 35.9 Å². The fourth-order valence-corrected chi connectivity index (χ4v) is 2.69. The van der Waals surface area contributed by atoms with Crippen LogP contribution in [0.3, 0.4) is 0 Å². The molecule has 1 N–H and O–H groups in total. The first-order valence-electron chi connectivity index (χ1n) is 5.59. The van der Waals surface area contributed by atoms with Gasteiger partial charge in [0.2, 0.25) is 0 Å². The van der Waals surface area contributed by atoms with Crippen LogP contribution in [0.1, 0.15) is 18.5 Å². The summed E-state index contributed by atoms with van der Waals surface area (Å²) in [6, 6.07) is 10.5. The van der Waals surface area contributed by atoms with E-state index in [9.17, 15) is 4.79 Å². The number of benzene rings is 1. The summed E-state index contributed by atoms with van der Waals surface area (Å²) >= 11 is 1.60. The van der Waals surface area contributed by atoms with Crippen LogP contribution in [0.25, 0.3) is 0 Å². The number of carbonyl (C=O) groups excluding carboxylic acids is 1. The number of rotatable bonds is 6. The monoisotopic (exact) mass is 253 g/mol. The fraction of sp³-hybridized carbons (Fsp3) is 0.462. The second kappa shape index (κ2) is 7.35. The number of methoxy groups -OCH3 is 1. The maximum absolute atomic E-state index is 11.1. The van der Waals surface area contributed by atoms with E-state index in [-0.39, 0.29) is 12.0 Å². The number of hydrogen-bond donors (Lipinski definition) is 1. The number of nitrogens with one attached hydrogen (secondary N) is 1. The van der Waals surface area contributed by atoms with E-state index in [2.05, 4.69) is 29.1 Å². The number of thioether (sulfide) groups is 1. The van der Waals surface area contributed by atoms with Crippen molar-refractivity contribution < 1.29 is 9.53 Å². The zero-order valence-corrected chi connectivity index (χ0v) is 11.3. The van der Waals surface area contributed by atoms with Crippen molar-refractivity contribution in [3.8, 4) is 0 Å². The van der Waals surface area contributed by atoms with Crippen molar-refractivity contribution in [1.29, 1.82) is 0 Å². The molecular weight excluding hydrogens is 234 g/mol. The SMILES string of the molecule is CNC(c1ccccc1)C(C)SCC(=O)OC. The number of hydrogen-bond acceptors (Lipinski definition) is 4. The molecule has 0 saturated carbocycles. The van der Waals surface area contributed by atoms with Crippen LogP contribution >= 0.6 is 11.8 Å². The predicted octanol–water partition coefficient (Wildman–Crippen LogP) is 2.24. The van der Waals surface area contributed by atoms with Gasteiger partial charge in [0.1, 0.15) is 0 Å². The topological polar surface area (TPSA) is 38.3 Å². The molecule has 1 aromatic carbocycles. The van der Waals surface area contributed by atoms with Gasteiger partial charge in [0, 0.05) is 11.3 Å². The van der Waals surface area contributed by atoms with Crippen LogP contribution in [0.2, 0.25) is 0 Å². The Morgan fingerprint density at radius 3 is 2.59 bits per heavy atom. The summed E-state index contributed by atoms with van der Waals surface area (Å²) in [4.78, 5) is 11.1. The maximum Gasteiger partial charge on any atom is 0.315 e. The molecule has 0 amide bonds. The average Bonchev–Trinajstić information content (AvgIpc) is 2.38. The highest BCUT2D eigenvalue weighted by atomic mass is 32.2. The van der Waals surface area contributed by atoms with Crippen molar-refractivity contribution in [1.82, 2.24) is 5.32 Å². The molecule has 2 unspecified atom stereocenters. The maximum atomic E-state index is 11.1. The van der Waals surface area contributed by atoms with Crippen LogP contribution in [0, 0.1) is 0 Å². The summed E-state index contributed by atoms with van der Waals surface area (Å²) in [5.74, 6) is 0.215. The minimum Gasteiger partial charge on any atom is -0.468 e. The van der Waals surface area contributed by atoms with Gasteiger partial charge in [-0.25, -0.2) is 0 Å². The van der Waals surface area contributed by atoms with Gasteiger partial charge in [0.05, 0.1) is 12.9 Å². The van der Waals surface area contributed by atoms with Crippen LogP contribution in [0.5, 0.6) is 0 Å². The van der Waals surface area contributed by atoms with E-state index in [1.54, 1.807) is 11.8 Å². The molecule has 94 valence electrons. The Bertz CT molecular complexity index is 343. The third kappa shape index (κ3) is 4.40. The van der Waals surface area contributed by atoms with Crippen LogP contribution in [-0.2, 0) is 9.53 Å². The summed E-state index contributed by atoms with van der Waals surface area (Å²) in [6.07, 6.45) is 0. The average molecular weight is 253 g/mol. The lowest BCUT2D eigenvalue weighted by Gasteiger charge is -2.23. The van der Waals surface area contributed by atoms with Crippen molar-refractivity contribution in [2.75, 3.05) is 19.9 Å². The predicted molar refractivity (Wildman–Crippen MR) is 72.2 cm³/mol. The van der Waals surface area contributed by atoms with E-state index >= 15 is 0 Å². The van der Waals surface area contributed by atoms with Crippen LogP contribution in [0.4, 0.5) is 0 Å². The number of esters is 1. The van der Waals surface area contributed by atoms with Crippen LogP contribution < -0.4 is 5.32 Å². The highest BCUT2D eigenvalue weighted by molar-refractivity contribution is 8.00. The minimum atomic E-state index is -0.176. The highest BCUT2D eigenvalue weighted by Gasteiger charge is 2.18. The Labute approximate surface area is 107 Å². The molecule has 0 spiro atoms. The van der Waals surface area contributed by atoms with Crippen molar-refractivity contribution >= 4 is 17.7 Å². The molecule has 0 bridgehead atoms. The lowest BCUT2D eigenvalue weighted by Crippen LogP contribution is -2.26. The van der Waals surface area contributed by atoms with Crippen molar-refractivity contribution in [3.63, 3.8) is 0 Å². The molecule has 1 rings (SSSR count). The third-order valence-corrected chi connectivity index (χ3v) is 3.83. The van der Waals surface area contributed by atoms with Gasteiger partial charge in [0.25, 0.3) is 0 Å². The molecule has 4 heteroatoms. The van der Waals surface area contributed by atoms with Gasteiger partial charge < -0.3 is 10.1 Å². The molecule has 0 saturated heterocycles. The lowest BCUT2D eigenvalue weighted by molar-refractivity contribution is -0.137. The quantitative estimate of drug-likeness (QED) is 0.789. The van der Waals surface area contributed by atoms with E-state index in [4.69, 9.17) is 0 Å². The molecular formula is C13H19NO2S. The summed E-state index contributed by atoms with van der Waals surface area (Å²) in [6.45, 7) is 2.11. The number of ether oxygens (including phenoxy) is 1. The van der Waals surface area contributed by atoms with Crippen molar-refractivity contribution in [2.45, 2.75) is 18.2 Å². The fourth-order valence-electron chi connectivity index (χ4n) is 1.69. The molecule has 3 nitrogen and oxygen atoms in total. The lowest BCUT2D eigenvalue weighted by atomic mass is 10.0. The highest BCUT2D eigenvalue weighted by Crippen LogP contribution is 2.25. The minimum absolute atomic E-state index is 0.176. The molecule has 0 radical (unpaired) electrons. The Kier molecular flexibility index (Phi) is 6.08. The van der Waals surface area contributed by atoms with Gasteiger partial charge in [-0.2, -0.15) is 0 Å². The van der Waals surface area contributed by atoms with Gasteiger partial charge in [-0.05, 0) is 12.6 Å². The standard InChI is InChI=1S/C13H19NO2S/c1-10(17-9-12(15)16-3)13(14-2)11-7-5-4-6-8-11/h4-8,10,13-14H,9H2,1-3H3. The Morgan fingerprint density at radius 2 is 2.06 bits per heavy atom. The van der Waals surface area contributed by atoms with Crippen LogP contribution in [-0.4, -0.2) is 31.1 Å². The molecule has 0 aliphatic rings. The molecule has 1 aromatic rings. The molecule has 0 aromatic heterocycles. The molecule has 2 atom stereocenters. The number of carbonyl (C=O) groups is 1. The normalized spacial score (nSPS) is 14.1. The van der Waals surface area contributed by atoms with E-state index in [1.807, 2.05) is 25.2 Å². The third-order valence-electron chi connectivity index (χ3n) is 2.63. The first-order chi connectivity index (χ1) is 8.19. The van der Waals surface area contributed by atoms with E-state index in [0.717, 1.165) is 0 Å². The molecule has 0 aliphatic heterocycles. The van der Waals surface area contributed by atoms with E-state index in [0.29, 0.717) is 11.0 Å². The Morgan fingerprint density at radius 1 is 1.41 bits per heavy atom. The second-order valence-electron chi connectivity index (χ2n) is 3.77. The van der Waals surface area contributed by atoms with E-state index in [1.165, 1.54) is 12.7 Å². The Hall–Kier alpha value is -1.00. The van der Waals surface area contributed by atoms with Gasteiger partial charge in [-0.15, -0.1) is 11.8 Å². The molecule has 0 fully saturated rings. The first-order valence-corrected chi connectivity index (χ1v) is 6.64. The summed E-state index contributed by atoms with van der Waals surface area (Å²) < 4.78 is 4.64. The summed E-state index contributed by atoms with van der Waals surface area (Å²) in [5, 5.41) is 3.59. The zero-order chi connectivity index (χ0) is 12.7. The van der Waals surface area contributed by atoms with Crippen molar-refractivity contribution in [2.24, 2.45) is 0 Å². The Balaban J connectivity index is 2.59. The molecule has 0 aliphatic carbocycles. The summed E-state index contributed by atoms with van der Waals surface area (Å²) in [5.41, 5.74) is 1.24. The van der Waals surface area contributed by atoms with Gasteiger partial charge >= 0.3 is 5.97 Å².